The zero-order valence-corrected chi connectivity index (χ0v) is 21.5. The number of anilines is 2. The molecule has 2 N–H and O–H groups in total. The standard InChI is InChI=1S/C23H27F2N5O7S.CH4/c1-27(2)38(34,35)26-13-16-14-29(23(33)37-16)15-11-18(24)21(19(25)12-15)28-7-8-30(36-10-9-28)22(32)17-5-3-4-6-20(17)31;/h3-6,11-12,16,26,31H,7-10,13-14H2,1-2H3;1H4/t16-;/m0./s1. The fourth-order valence-electron chi connectivity index (χ4n) is 4.00. The fourth-order valence-corrected chi connectivity index (χ4v) is 4.65. The number of nitrogens with zero attached hydrogens (tertiary/aromatic N) is 4. The van der Waals surface area contributed by atoms with Crippen molar-refractivity contribution in [3.63, 3.8) is 0 Å². The summed E-state index contributed by atoms with van der Waals surface area (Å²) in [6, 6.07) is 7.94. The molecule has 2 heterocycles. The molecule has 4 rings (SSSR count). The number of hydrogen-bond acceptors (Lipinski definition) is 8. The summed E-state index contributed by atoms with van der Waals surface area (Å²) in [4.78, 5) is 32.9. The van der Waals surface area contributed by atoms with Gasteiger partial charge in [-0.15, -0.1) is 0 Å². The largest absolute Gasteiger partial charge is 0.507 e. The highest BCUT2D eigenvalue weighted by atomic mass is 32.2. The topological polar surface area (TPSA) is 132 Å². The third-order valence-electron chi connectivity index (χ3n) is 6.02. The molecule has 2 aromatic carbocycles. The number of hydrogen-bond donors (Lipinski definition) is 2. The average Bonchev–Trinajstić information content (AvgIpc) is 3.07. The Morgan fingerprint density at radius 3 is 2.46 bits per heavy atom. The zero-order valence-electron chi connectivity index (χ0n) is 20.6. The molecule has 0 bridgehead atoms. The first-order valence-corrected chi connectivity index (χ1v) is 13.0. The van der Waals surface area contributed by atoms with Gasteiger partial charge in [-0.2, -0.15) is 17.4 Å². The van der Waals surface area contributed by atoms with E-state index in [-0.39, 0.29) is 69.4 Å². The van der Waals surface area contributed by atoms with Gasteiger partial charge < -0.3 is 14.7 Å². The number of benzene rings is 2. The second-order valence-electron chi connectivity index (χ2n) is 8.75. The highest BCUT2D eigenvalue weighted by Crippen LogP contribution is 2.31. The van der Waals surface area contributed by atoms with Crippen LogP contribution < -0.4 is 14.5 Å². The lowest BCUT2D eigenvalue weighted by Crippen LogP contribution is -2.40. The van der Waals surface area contributed by atoms with Gasteiger partial charge in [0.05, 0.1) is 37.5 Å². The molecule has 0 aliphatic carbocycles. The van der Waals surface area contributed by atoms with Crippen LogP contribution in [0.3, 0.4) is 0 Å². The molecule has 12 nitrogen and oxygen atoms in total. The van der Waals surface area contributed by atoms with Crippen LogP contribution in [-0.2, 0) is 19.8 Å². The van der Waals surface area contributed by atoms with Gasteiger partial charge in [0.1, 0.15) is 17.5 Å². The Balaban J connectivity index is 0.00000420. The zero-order chi connectivity index (χ0) is 27.6. The Labute approximate surface area is 225 Å². The van der Waals surface area contributed by atoms with Crippen LogP contribution in [0.25, 0.3) is 0 Å². The number of phenolic OH excluding ortho intramolecular Hbond substituents is 1. The third-order valence-corrected chi connectivity index (χ3v) is 7.51. The van der Waals surface area contributed by atoms with E-state index >= 15 is 8.78 Å². The first-order valence-electron chi connectivity index (χ1n) is 11.6. The van der Waals surface area contributed by atoms with Gasteiger partial charge >= 0.3 is 6.09 Å². The summed E-state index contributed by atoms with van der Waals surface area (Å²) in [5.74, 6) is -2.68. The molecule has 0 unspecified atom stereocenters. The van der Waals surface area contributed by atoms with E-state index in [9.17, 15) is 23.1 Å². The third kappa shape index (κ3) is 6.55. The van der Waals surface area contributed by atoms with Crippen LogP contribution in [0.15, 0.2) is 36.4 Å². The summed E-state index contributed by atoms with van der Waals surface area (Å²) >= 11 is 0. The Morgan fingerprint density at radius 1 is 1.15 bits per heavy atom. The number of aromatic hydroxyl groups is 1. The number of carbonyl (C=O) groups excluding carboxylic acids is 2. The van der Waals surface area contributed by atoms with E-state index < -0.39 is 39.9 Å². The lowest BCUT2D eigenvalue weighted by atomic mass is 10.2. The lowest BCUT2D eigenvalue weighted by Gasteiger charge is -2.24. The molecule has 0 spiro atoms. The summed E-state index contributed by atoms with van der Waals surface area (Å²) in [6.45, 7) is -0.312. The minimum absolute atomic E-state index is 0. The molecular weight excluding hydrogens is 540 g/mol. The highest BCUT2D eigenvalue weighted by molar-refractivity contribution is 7.87. The molecule has 214 valence electrons. The van der Waals surface area contributed by atoms with Gasteiger partial charge in [0.2, 0.25) is 0 Å². The smallest absolute Gasteiger partial charge is 0.414 e. The van der Waals surface area contributed by atoms with Crippen LogP contribution in [0.1, 0.15) is 17.8 Å². The number of carbonyl (C=O) groups is 2. The van der Waals surface area contributed by atoms with Crippen molar-refractivity contribution in [2.45, 2.75) is 13.5 Å². The van der Waals surface area contributed by atoms with Gasteiger partial charge in [0.15, 0.2) is 11.6 Å². The summed E-state index contributed by atoms with van der Waals surface area (Å²) in [7, 11) is -1.07. The van der Waals surface area contributed by atoms with Crippen molar-refractivity contribution >= 4 is 33.6 Å². The molecule has 0 radical (unpaired) electrons. The number of nitrogens with one attached hydrogen (secondary N) is 1. The maximum Gasteiger partial charge on any atom is 0.414 e. The van der Waals surface area contributed by atoms with E-state index in [1.165, 1.54) is 31.1 Å². The molecule has 39 heavy (non-hydrogen) atoms. The Hall–Kier alpha value is -3.53. The van der Waals surface area contributed by atoms with Crippen molar-refractivity contribution in [2.24, 2.45) is 0 Å². The maximum absolute atomic E-state index is 15.2. The monoisotopic (exact) mass is 571 g/mol. The van der Waals surface area contributed by atoms with E-state index in [4.69, 9.17) is 9.57 Å². The Morgan fingerprint density at radius 2 is 1.82 bits per heavy atom. The number of rotatable bonds is 7. The van der Waals surface area contributed by atoms with Crippen LogP contribution in [0.5, 0.6) is 5.75 Å². The molecule has 2 amide bonds. The van der Waals surface area contributed by atoms with Crippen molar-refractivity contribution in [3.8, 4) is 5.75 Å². The minimum Gasteiger partial charge on any atom is -0.507 e. The van der Waals surface area contributed by atoms with Crippen molar-refractivity contribution in [1.82, 2.24) is 14.1 Å². The molecule has 15 heteroatoms. The number of ether oxygens (including phenoxy) is 1. The molecule has 0 aromatic heterocycles. The summed E-state index contributed by atoms with van der Waals surface area (Å²) in [5, 5.41) is 11.0. The minimum atomic E-state index is -3.75. The summed E-state index contributed by atoms with van der Waals surface area (Å²) < 4.78 is 62.5. The molecule has 0 saturated carbocycles. The Kier molecular flexibility index (Phi) is 9.32. The van der Waals surface area contributed by atoms with Gasteiger partial charge in [-0.25, -0.2) is 18.6 Å². The number of amides is 2. The number of halogens is 2. The number of phenols is 1. The van der Waals surface area contributed by atoms with E-state index in [0.29, 0.717) is 0 Å². The summed E-state index contributed by atoms with van der Waals surface area (Å²) in [5.41, 5.74) is -0.404. The van der Waals surface area contributed by atoms with Crippen molar-refractivity contribution < 1.29 is 41.5 Å². The molecular formula is C24H31F2N5O7S. The van der Waals surface area contributed by atoms with Crippen molar-refractivity contribution in [3.05, 3.63) is 53.6 Å². The molecule has 1 atom stereocenters. The second kappa shape index (κ2) is 12.1. The van der Waals surface area contributed by atoms with E-state index in [0.717, 1.165) is 26.4 Å². The first kappa shape index (κ1) is 30.0. The van der Waals surface area contributed by atoms with Crippen molar-refractivity contribution in [2.75, 3.05) is 63.2 Å². The summed E-state index contributed by atoms with van der Waals surface area (Å²) in [6.07, 6.45) is -1.73. The predicted molar refractivity (Wildman–Crippen MR) is 139 cm³/mol. The van der Waals surface area contributed by atoms with E-state index in [1.807, 2.05) is 0 Å². The highest BCUT2D eigenvalue weighted by Gasteiger charge is 2.35. The normalized spacial score (nSPS) is 18.1. The number of cyclic esters (lactones) is 1. The second-order valence-corrected chi connectivity index (χ2v) is 10.7. The van der Waals surface area contributed by atoms with Gasteiger partial charge in [-0.05, 0) is 12.1 Å². The van der Waals surface area contributed by atoms with E-state index in [2.05, 4.69) is 4.72 Å². The molecule has 2 fully saturated rings. The van der Waals surface area contributed by atoms with Gasteiger partial charge in [-0.1, -0.05) is 19.6 Å². The lowest BCUT2D eigenvalue weighted by molar-refractivity contribution is -0.111. The van der Waals surface area contributed by atoms with Crippen LogP contribution in [0.4, 0.5) is 25.0 Å². The quantitative estimate of drug-likeness (QED) is 0.516. The van der Waals surface area contributed by atoms with Gasteiger partial charge in [0, 0.05) is 39.3 Å². The SMILES string of the molecule is C.CN(C)S(=O)(=O)NC[C@H]1CN(c2cc(F)c(N3CCON(C(=O)c4ccccc4O)CC3)c(F)c2)C(=O)O1. The molecule has 2 aliphatic rings. The molecule has 2 saturated heterocycles. The van der Waals surface area contributed by atoms with Crippen LogP contribution >= 0.6 is 0 Å². The first-order chi connectivity index (χ1) is 18.0. The van der Waals surface area contributed by atoms with Crippen molar-refractivity contribution in [1.29, 1.82) is 0 Å². The average molecular weight is 572 g/mol. The number of para-hydroxylation sites is 1. The van der Waals surface area contributed by atoms with Crippen LogP contribution in [0, 0.1) is 11.6 Å². The predicted octanol–water partition coefficient (Wildman–Crippen LogP) is 1.92. The van der Waals surface area contributed by atoms with Gasteiger partial charge in [-0.3, -0.25) is 14.5 Å². The van der Waals surface area contributed by atoms with E-state index in [1.54, 1.807) is 12.1 Å². The van der Waals surface area contributed by atoms with Crippen LogP contribution in [0.2, 0.25) is 0 Å². The molecule has 2 aromatic rings. The molecule has 2 aliphatic heterocycles. The Bertz CT molecular complexity index is 1300. The fraction of sp³-hybridized carbons (Fsp3) is 0.417. The van der Waals surface area contributed by atoms with Crippen LogP contribution in [-0.4, -0.2) is 94.4 Å². The number of hydroxylamine groups is 2. The van der Waals surface area contributed by atoms with Gasteiger partial charge in [0.25, 0.3) is 16.1 Å². The maximum atomic E-state index is 15.2.